The molecule has 25 heavy (non-hydrogen) atoms. The fraction of sp³-hybridized carbons (Fsp3) is 0.350. The number of carbonyl (C=O) groups excluding carboxylic acids is 1. The number of hydrogen-bond acceptors (Lipinski definition) is 4. The summed E-state index contributed by atoms with van der Waals surface area (Å²) in [6.45, 7) is 2.97. The van der Waals surface area contributed by atoms with Crippen LogP contribution in [0, 0.1) is 0 Å². The van der Waals surface area contributed by atoms with Crippen molar-refractivity contribution >= 4 is 11.6 Å². The Balaban J connectivity index is 1.79. The zero-order valence-corrected chi connectivity index (χ0v) is 14.8. The van der Waals surface area contributed by atoms with Crippen molar-refractivity contribution in [3.05, 3.63) is 60.2 Å². The second kappa shape index (κ2) is 10.5. The van der Waals surface area contributed by atoms with Crippen LogP contribution in [0.3, 0.4) is 0 Å². The molecular formula is C20H27N3O2. The van der Waals surface area contributed by atoms with E-state index in [1.807, 2.05) is 42.5 Å². The molecule has 2 rings (SSSR count). The first kappa shape index (κ1) is 19.0. The van der Waals surface area contributed by atoms with Gasteiger partial charge in [-0.1, -0.05) is 36.4 Å². The van der Waals surface area contributed by atoms with E-state index in [9.17, 15) is 4.79 Å². The third kappa shape index (κ3) is 6.95. The normalized spacial score (nSPS) is 10.7. The van der Waals surface area contributed by atoms with Crippen molar-refractivity contribution in [2.45, 2.75) is 12.8 Å². The van der Waals surface area contributed by atoms with Gasteiger partial charge in [0, 0.05) is 44.4 Å². The first-order valence-electron chi connectivity index (χ1n) is 8.61. The Labute approximate surface area is 149 Å². The van der Waals surface area contributed by atoms with Crippen molar-refractivity contribution in [3.8, 4) is 5.75 Å². The molecule has 5 heteroatoms. The second-order valence-corrected chi connectivity index (χ2v) is 5.90. The Morgan fingerprint density at radius 3 is 2.60 bits per heavy atom. The molecule has 0 saturated heterocycles. The molecule has 0 radical (unpaired) electrons. The van der Waals surface area contributed by atoms with Gasteiger partial charge in [-0.3, -0.25) is 4.79 Å². The van der Waals surface area contributed by atoms with Crippen molar-refractivity contribution in [1.82, 2.24) is 4.90 Å². The minimum atomic E-state index is -0.00464. The Hall–Kier alpha value is -2.37. The molecule has 0 aliphatic rings. The summed E-state index contributed by atoms with van der Waals surface area (Å²) < 4.78 is 5.17. The molecule has 0 bridgehead atoms. The van der Waals surface area contributed by atoms with Crippen LogP contribution in [0.25, 0.3) is 0 Å². The van der Waals surface area contributed by atoms with Crippen LogP contribution in [-0.2, 0) is 11.2 Å². The van der Waals surface area contributed by atoms with E-state index in [0.717, 1.165) is 30.9 Å². The number of amides is 1. The number of anilines is 1. The van der Waals surface area contributed by atoms with Crippen molar-refractivity contribution in [2.75, 3.05) is 38.6 Å². The molecule has 2 aromatic carbocycles. The molecular weight excluding hydrogens is 314 g/mol. The van der Waals surface area contributed by atoms with E-state index < -0.39 is 0 Å². The van der Waals surface area contributed by atoms with Crippen LogP contribution < -0.4 is 15.8 Å². The molecule has 0 atom stereocenters. The topological polar surface area (TPSA) is 67.6 Å². The zero-order chi connectivity index (χ0) is 17.9. The summed E-state index contributed by atoms with van der Waals surface area (Å²) >= 11 is 0. The summed E-state index contributed by atoms with van der Waals surface area (Å²) in [7, 11) is 1.61. The van der Waals surface area contributed by atoms with Crippen LogP contribution in [0.2, 0.25) is 0 Å². The average Bonchev–Trinajstić information content (AvgIpc) is 2.65. The number of nitrogens with zero attached hydrogens (tertiary/aromatic N) is 1. The first-order valence-corrected chi connectivity index (χ1v) is 8.61. The van der Waals surface area contributed by atoms with Gasteiger partial charge in [0.2, 0.25) is 5.91 Å². The van der Waals surface area contributed by atoms with Crippen LogP contribution >= 0.6 is 0 Å². The van der Waals surface area contributed by atoms with Crippen molar-refractivity contribution < 1.29 is 9.53 Å². The van der Waals surface area contributed by atoms with Gasteiger partial charge in [-0.2, -0.15) is 0 Å². The van der Waals surface area contributed by atoms with Crippen molar-refractivity contribution in [2.24, 2.45) is 5.73 Å². The number of rotatable bonds is 10. The van der Waals surface area contributed by atoms with Gasteiger partial charge in [-0.05, 0) is 24.1 Å². The highest BCUT2D eigenvalue weighted by Crippen LogP contribution is 2.16. The van der Waals surface area contributed by atoms with E-state index in [4.69, 9.17) is 10.5 Å². The Kier molecular flexibility index (Phi) is 7.95. The van der Waals surface area contributed by atoms with Gasteiger partial charge in [0.1, 0.15) is 5.75 Å². The average molecular weight is 341 g/mol. The molecule has 1 amide bonds. The largest absolute Gasteiger partial charge is 0.497 e. The summed E-state index contributed by atoms with van der Waals surface area (Å²) in [6.07, 6.45) is 1.39. The highest BCUT2D eigenvalue weighted by molar-refractivity contribution is 5.91. The molecule has 134 valence electrons. The minimum Gasteiger partial charge on any atom is -0.497 e. The number of hydrogen-bond donors (Lipinski definition) is 2. The highest BCUT2D eigenvalue weighted by Gasteiger charge is 2.09. The monoisotopic (exact) mass is 341 g/mol. The van der Waals surface area contributed by atoms with Gasteiger partial charge in [0.05, 0.1) is 7.11 Å². The Bertz CT molecular complexity index is 646. The van der Waals surface area contributed by atoms with E-state index >= 15 is 0 Å². The van der Waals surface area contributed by atoms with E-state index in [-0.39, 0.29) is 5.91 Å². The standard InChI is InChI=1S/C20H27N3O2/c1-25-19-9-5-8-18(16-19)22-20(24)11-14-23(15-12-21)13-10-17-6-3-2-4-7-17/h2-9,16H,10-15,21H2,1H3,(H,22,24). The smallest absolute Gasteiger partial charge is 0.225 e. The van der Waals surface area contributed by atoms with E-state index in [1.165, 1.54) is 5.56 Å². The first-order chi connectivity index (χ1) is 12.2. The molecule has 3 N–H and O–H groups in total. The molecule has 0 aromatic heterocycles. The van der Waals surface area contributed by atoms with Crippen LogP contribution in [0.5, 0.6) is 5.75 Å². The maximum absolute atomic E-state index is 12.2. The molecule has 0 aliphatic carbocycles. The SMILES string of the molecule is COc1cccc(NC(=O)CCN(CCN)CCc2ccccc2)c1. The fourth-order valence-electron chi connectivity index (χ4n) is 2.63. The number of ether oxygens (including phenoxy) is 1. The maximum atomic E-state index is 12.2. The van der Waals surface area contributed by atoms with Crippen molar-refractivity contribution in [1.29, 1.82) is 0 Å². The van der Waals surface area contributed by atoms with Gasteiger partial charge in [0.25, 0.3) is 0 Å². The zero-order valence-electron chi connectivity index (χ0n) is 14.8. The maximum Gasteiger partial charge on any atom is 0.225 e. The van der Waals surface area contributed by atoms with Gasteiger partial charge >= 0.3 is 0 Å². The van der Waals surface area contributed by atoms with Gasteiger partial charge in [-0.25, -0.2) is 0 Å². The van der Waals surface area contributed by atoms with Crippen LogP contribution in [0.15, 0.2) is 54.6 Å². The lowest BCUT2D eigenvalue weighted by Gasteiger charge is -2.21. The summed E-state index contributed by atoms with van der Waals surface area (Å²) in [6, 6.07) is 17.7. The second-order valence-electron chi connectivity index (χ2n) is 5.90. The lowest BCUT2D eigenvalue weighted by molar-refractivity contribution is -0.116. The number of nitrogens with one attached hydrogen (secondary N) is 1. The van der Waals surface area contributed by atoms with E-state index in [1.54, 1.807) is 7.11 Å². The van der Waals surface area contributed by atoms with Crippen molar-refractivity contribution in [3.63, 3.8) is 0 Å². The third-order valence-electron chi connectivity index (χ3n) is 4.01. The number of benzene rings is 2. The van der Waals surface area contributed by atoms with E-state index in [0.29, 0.717) is 19.5 Å². The quantitative estimate of drug-likeness (QED) is 0.697. The molecule has 0 saturated carbocycles. The summed E-state index contributed by atoms with van der Waals surface area (Å²) in [5, 5.41) is 2.91. The Morgan fingerprint density at radius 1 is 1.08 bits per heavy atom. The predicted octanol–water partition coefficient (Wildman–Crippen LogP) is 2.53. The van der Waals surface area contributed by atoms with E-state index in [2.05, 4.69) is 22.3 Å². The van der Waals surface area contributed by atoms with Crippen LogP contribution in [0.1, 0.15) is 12.0 Å². The number of carbonyl (C=O) groups is 1. The lowest BCUT2D eigenvalue weighted by Crippen LogP contribution is -2.34. The molecule has 0 aliphatic heterocycles. The van der Waals surface area contributed by atoms with Gasteiger partial charge in [0.15, 0.2) is 0 Å². The molecule has 0 spiro atoms. The number of methoxy groups -OCH3 is 1. The summed E-state index contributed by atoms with van der Waals surface area (Å²) in [5.41, 5.74) is 7.75. The molecule has 2 aromatic rings. The minimum absolute atomic E-state index is 0.00464. The van der Waals surface area contributed by atoms with Crippen LogP contribution in [-0.4, -0.2) is 44.1 Å². The third-order valence-corrected chi connectivity index (χ3v) is 4.01. The molecule has 0 heterocycles. The lowest BCUT2D eigenvalue weighted by atomic mass is 10.1. The predicted molar refractivity (Wildman–Crippen MR) is 102 cm³/mol. The number of nitrogens with two attached hydrogens (primary N) is 1. The Morgan fingerprint density at radius 2 is 1.88 bits per heavy atom. The van der Waals surface area contributed by atoms with Gasteiger partial charge < -0.3 is 20.7 Å². The fourth-order valence-corrected chi connectivity index (χ4v) is 2.63. The highest BCUT2D eigenvalue weighted by atomic mass is 16.5. The molecule has 5 nitrogen and oxygen atoms in total. The molecule has 0 unspecified atom stereocenters. The summed E-state index contributed by atoms with van der Waals surface area (Å²) in [5.74, 6) is 0.723. The van der Waals surface area contributed by atoms with Crippen LogP contribution in [0.4, 0.5) is 5.69 Å². The summed E-state index contributed by atoms with van der Waals surface area (Å²) in [4.78, 5) is 14.4. The molecule has 0 fully saturated rings. The van der Waals surface area contributed by atoms with Gasteiger partial charge in [-0.15, -0.1) is 0 Å².